The molecule has 2 fully saturated rings. The number of hydrogen-bond acceptors (Lipinski definition) is 4. The van der Waals surface area contributed by atoms with Crippen molar-refractivity contribution in [1.29, 1.82) is 5.26 Å². The minimum Gasteiger partial charge on any atom is -0.301 e. The molecule has 3 unspecified atom stereocenters. The number of likely N-dealkylation sites (N-methyl/N-ethyl adjacent to an activating group) is 1. The molecule has 0 amide bonds. The number of nitrogens with zero attached hydrogens (tertiary/aromatic N) is 3. The van der Waals surface area contributed by atoms with Gasteiger partial charge in [-0.2, -0.15) is 5.26 Å². The summed E-state index contributed by atoms with van der Waals surface area (Å²) in [5.74, 6) is 0. The van der Waals surface area contributed by atoms with Crippen LogP contribution < -0.4 is 5.32 Å². The van der Waals surface area contributed by atoms with Gasteiger partial charge in [0.15, 0.2) is 0 Å². The maximum absolute atomic E-state index is 9.11. The van der Waals surface area contributed by atoms with Crippen LogP contribution in [0.4, 0.5) is 0 Å². The fourth-order valence-electron chi connectivity index (χ4n) is 3.13. The minimum absolute atomic E-state index is 0.0181. The van der Waals surface area contributed by atoms with E-state index in [9.17, 15) is 0 Å². The van der Waals surface area contributed by atoms with Crippen LogP contribution in [0.25, 0.3) is 0 Å². The van der Waals surface area contributed by atoms with Crippen molar-refractivity contribution < 1.29 is 0 Å². The topological polar surface area (TPSA) is 42.3 Å². The molecule has 2 rings (SSSR count). The Hall–Kier alpha value is -0.630. The van der Waals surface area contributed by atoms with Crippen molar-refractivity contribution in [2.24, 2.45) is 0 Å². The second-order valence-electron chi connectivity index (χ2n) is 5.33. The normalized spacial score (nSPS) is 32.1. The molecule has 0 saturated carbocycles. The van der Waals surface area contributed by atoms with Crippen LogP contribution in [0.2, 0.25) is 0 Å². The Kier molecular flexibility index (Phi) is 4.38. The highest BCUT2D eigenvalue weighted by Gasteiger charge is 2.34. The zero-order valence-corrected chi connectivity index (χ0v) is 11.0. The van der Waals surface area contributed by atoms with E-state index in [-0.39, 0.29) is 6.04 Å². The largest absolute Gasteiger partial charge is 0.301 e. The smallest absolute Gasteiger partial charge is 0.108 e. The zero-order valence-electron chi connectivity index (χ0n) is 11.0. The quantitative estimate of drug-likeness (QED) is 0.778. The molecule has 0 bridgehead atoms. The lowest BCUT2D eigenvalue weighted by molar-refractivity contribution is 0.0564. The Morgan fingerprint density at radius 2 is 2.29 bits per heavy atom. The molecule has 96 valence electrons. The molecular formula is C13H24N4. The summed E-state index contributed by atoms with van der Waals surface area (Å²) in [7, 11) is 0. The van der Waals surface area contributed by atoms with E-state index in [4.69, 9.17) is 5.26 Å². The standard InChI is InChI=1S/C13H24N4/c1-3-15-12(7-14)9-17-10-13-5-4-6-16(13)8-11(17)2/h11-13,15H,3-6,8-10H2,1-2H3. The van der Waals surface area contributed by atoms with Gasteiger partial charge < -0.3 is 5.32 Å². The first-order valence-electron chi connectivity index (χ1n) is 6.85. The Morgan fingerprint density at radius 3 is 3.00 bits per heavy atom. The second-order valence-corrected chi connectivity index (χ2v) is 5.33. The Bertz CT molecular complexity index is 286. The van der Waals surface area contributed by atoms with Crippen LogP contribution in [0.1, 0.15) is 26.7 Å². The molecule has 0 aromatic rings. The van der Waals surface area contributed by atoms with Gasteiger partial charge in [-0.15, -0.1) is 0 Å². The van der Waals surface area contributed by atoms with Crippen LogP contribution in [-0.4, -0.2) is 60.6 Å². The first kappa shape index (κ1) is 12.8. The van der Waals surface area contributed by atoms with E-state index in [1.165, 1.54) is 25.9 Å². The van der Waals surface area contributed by atoms with Crippen molar-refractivity contribution in [2.45, 2.75) is 44.8 Å². The van der Waals surface area contributed by atoms with Crippen LogP contribution in [0.3, 0.4) is 0 Å². The first-order chi connectivity index (χ1) is 8.24. The average Bonchev–Trinajstić information content (AvgIpc) is 2.75. The highest BCUT2D eigenvalue weighted by molar-refractivity contribution is 4.97. The Balaban J connectivity index is 1.89. The molecule has 17 heavy (non-hydrogen) atoms. The van der Waals surface area contributed by atoms with E-state index in [0.717, 1.165) is 25.7 Å². The molecule has 2 aliphatic rings. The maximum atomic E-state index is 9.11. The van der Waals surface area contributed by atoms with Crippen molar-refractivity contribution in [3.63, 3.8) is 0 Å². The van der Waals surface area contributed by atoms with Gasteiger partial charge in [0, 0.05) is 31.7 Å². The summed E-state index contributed by atoms with van der Waals surface area (Å²) in [6.07, 6.45) is 2.68. The van der Waals surface area contributed by atoms with E-state index in [0.29, 0.717) is 6.04 Å². The third kappa shape index (κ3) is 2.98. The van der Waals surface area contributed by atoms with Crippen LogP contribution in [-0.2, 0) is 0 Å². The lowest BCUT2D eigenvalue weighted by Crippen LogP contribution is -2.57. The Morgan fingerprint density at radius 1 is 1.47 bits per heavy atom. The molecule has 2 saturated heterocycles. The van der Waals surface area contributed by atoms with Crippen molar-refractivity contribution >= 4 is 0 Å². The number of nitrogens with one attached hydrogen (secondary N) is 1. The molecule has 0 aliphatic carbocycles. The van der Waals surface area contributed by atoms with Crippen molar-refractivity contribution in [2.75, 3.05) is 32.7 Å². The highest BCUT2D eigenvalue weighted by atomic mass is 15.3. The number of fused-ring (bicyclic) bond motifs is 1. The van der Waals surface area contributed by atoms with E-state index in [1.54, 1.807) is 0 Å². The molecule has 4 heteroatoms. The SMILES string of the molecule is CCNC(C#N)CN1CC2CCCN2CC1C. The molecule has 0 aromatic heterocycles. The molecule has 0 aromatic carbocycles. The van der Waals surface area contributed by atoms with E-state index < -0.39 is 0 Å². The number of hydrogen-bond donors (Lipinski definition) is 1. The zero-order chi connectivity index (χ0) is 12.3. The van der Waals surface area contributed by atoms with Crippen LogP contribution >= 0.6 is 0 Å². The van der Waals surface area contributed by atoms with Gasteiger partial charge in [-0.3, -0.25) is 9.80 Å². The predicted octanol–water partition coefficient (Wildman–Crippen LogP) is 0.657. The third-order valence-corrected chi connectivity index (χ3v) is 4.09. The van der Waals surface area contributed by atoms with Crippen molar-refractivity contribution in [3.8, 4) is 6.07 Å². The summed E-state index contributed by atoms with van der Waals surface area (Å²) < 4.78 is 0. The molecule has 3 atom stereocenters. The molecule has 2 aliphatic heterocycles. The van der Waals surface area contributed by atoms with E-state index >= 15 is 0 Å². The molecule has 0 spiro atoms. The lowest BCUT2D eigenvalue weighted by atomic mass is 10.1. The first-order valence-corrected chi connectivity index (χ1v) is 6.85. The average molecular weight is 236 g/mol. The monoisotopic (exact) mass is 236 g/mol. The third-order valence-electron chi connectivity index (χ3n) is 4.09. The summed E-state index contributed by atoms with van der Waals surface area (Å²) in [5.41, 5.74) is 0. The molecular weight excluding hydrogens is 212 g/mol. The van der Waals surface area contributed by atoms with Gasteiger partial charge in [0.2, 0.25) is 0 Å². The summed E-state index contributed by atoms with van der Waals surface area (Å²) in [4.78, 5) is 5.11. The van der Waals surface area contributed by atoms with Crippen molar-refractivity contribution in [1.82, 2.24) is 15.1 Å². The highest BCUT2D eigenvalue weighted by Crippen LogP contribution is 2.24. The predicted molar refractivity (Wildman–Crippen MR) is 68.7 cm³/mol. The van der Waals surface area contributed by atoms with Gasteiger partial charge in [-0.05, 0) is 32.9 Å². The van der Waals surface area contributed by atoms with Crippen molar-refractivity contribution in [3.05, 3.63) is 0 Å². The van der Waals surface area contributed by atoms with Gasteiger partial charge in [0.05, 0.1) is 6.07 Å². The van der Waals surface area contributed by atoms with Gasteiger partial charge >= 0.3 is 0 Å². The fourth-order valence-corrected chi connectivity index (χ4v) is 3.13. The summed E-state index contributed by atoms with van der Waals surface area (Å²) in [6, 6.07) is 3.67. The van der Waals surface area contributed by atoms with Crippen LogP contribution in [0.5, 0.6) is 0 Å². The van der Waals surface area contributed by atoms with Gasteiger partial charge in [-0.1, -0.05) is 6.92 Å². The molecule has 0 radical (unpaired) electrons. The maximum Gasteiger partial charge on any atom is 0.108 e. The second kappa shape index (κ2) is 5.81. The van der Waals surface area contributed by atoms with Gasteiger partial charge in [-0.25, -0.2) is 0 Å². The van der Waals surface area contributed by atoms with E-state index in [1.807, 2.05) is 0 Å². The fraction of sp³-hybridized carbons (Fsp3) is 0.923. The Labute approximate surface area is 105 Å². The number of piperazine rings is 1. The van der Waals surface area contributed by atoms with Crippen LogP contribution in [0, 0.1) is 11.3 Å². The lowest BCUT2D eigenvalue weighted by Gasteiger charge is -2.42. The minimum atomic E-state index is -0.0181. The summed E-state index contributed by atoms with van der Waals surface area (Å²) in [6.45, 7) is 9.68. The number of rotatable bonds is 4. The summed E-state index contributed by atoms with van der Waals surface area (Å²) in [5, 5.41) is 12.4. The van der Waals surface area contributed by atoms with Gasteiger partial charge in [0.1, 0.15) is 6.04 Å². The molecule has 2 heterocycles. The number of nitriles is 1. The van der Waals surface area contributed by atoms with E-state index in [2.05, 4.69) is 35.0 Å². The van der Waals surface area contributed by atoms with Gasteiger partial charge in [0.25, 0.3) is 0 Å². The molecule has 1 N–H and O–H groups in total. The van der Waals surface area contributed by atoms with Crippen LogP contribution in [0.15, 0.2) is 0 Å². The molecule has 4 nitrogen and oxygen atoms in total. The summed E-state index contributed by atoms with van der Waals surface area (Å²) >= 11 is 0.